The van der Waals surface area contributed by atoms with E-state index in [9.17, 15) is 9.00 Å². The van der Waals surface area contributed by atoms with Crippen LogP contribution in [0.2, 0.25) is 0 Å². The van der Waals surface area contributed by atoms with Crippen molar-refractivity contribution in [3.05, 3.63) is 108 Å². The summed E-state index contributed by atoms with van der Waals surface area (Å²) in [7, 11) is -1.16. The normalized spacial score (nSPS) is 12.1. The molecule has 0 N–H and O–H groups in total. The summed E-state index contributed by atoms with van der Waals surface area (Å²) in [4.78, 5) is 17.6. The third-order valence-electron chi connectivity index (χ3n) is 6.41. The number of hydrogen-bond donors (Lipinski definition) is 0. The number of allylic oxidation sites excluding steroid dienone is 1. The zero-order valence-corrected chi connectivity index (χ0v) is 23.5. The van der Waals surface area contributed by atoms with E-state index in [1.807, 2.05) is 59.2 Å². The minimum atomic E-state index is -1.16. The van der Waals surface area contributed by atoms with Crippen molar-refractivity contribution in [2.24, 2.45) is 0 Å². The summed E-state index contributed by atoms with van der Waals surface area (Å²) in [5, 5.41) is 0. The Morgan fingerprint density at radius 1 is 0.974 bits per heavy atom. The summed E-state index contributed by atoms with van der Waals surface area (Å²) < 4.78 is 20.7. The number of aryl methyl sites for hydroxylation is 1. The molecular weight excluding hydrogens is 504 g/mol. The average molecular weight is 541 g/mol. The fraction of sp³-hybridized carbons (Fsp3) is 0.273. The van der Waals surface area contributed by atoms with Gasteiger partial charge in [-0.05, 0) is 71.5 Å². The highest BCUT2D eigenvalue weighted by molar-refractivity contribution is 7.84. The molecule has 0 spiro atoms. The van der Waals surface area contributed by atoms with E-state index in [1.165, 1.54) is 0 Å². The van der Waals surface area contributed by atoms with Crippen LogP contribution in [0.4, 0.5) is 0 Å². The van der Waals surface area contributed by atoms with Crippen molar-refractivity contribution in [2.75, 3.05) is 6.61 Å². The Labute approximate surface area is 234 Å². The number of carbonyl (C=O) groups is 1. The zero-order chi connectivity index (χ0) is 27.5. The van der Waals surface area contributed by atoms with Gasteiger partial charge in [0.2, 0.25) is 0 Å². The van der Waals surface area contributed by atoms with Crippen molar-refractivity contribution in [3.8, 4) is 16.9 Å². The number of imidazole rings is 1. The van der Waals surface area contributed by atoms with Crippen LogP contribution in [-0.2, 0) is 34.3 Å². The van der Waals surface area contributed by atoms with Crippen LogP contribution < -0.4 is 4.74 Å². The Balaban J connectivity index is 1.32. The first kappa shape index (κ1) is 28.2. The Hall–Kier alpha value is -3.77. The molecule has 0 amide bonds. The monoisotopic (exact) mass is 540 g/mol. The van der Waals surface area contributed by atoms with Gasteiger partial charge < -0.3 is 9.30 Å². The van der Waals surface area contributed by atoms with Crippen LogP contribution in [0.3, 0.4) is 0 Å². The van der Waals surface area contributed by atoms with Crippen LogP contribution in [0.5, 0.6) is 5.75 Å². The second kappa shape index (κ2) is 14.4. The molecule has 5 nitrogen and oxygen atoms in total. The fourth-order valence-corrected chi connectivity index (χ4v) is 5.35. The van der Waals surface area contributed by atoms with Crippen LogP contribution in [-0.4, -0.2) is 26.2 Å². The topological polar surface area (TPSA) is 61.2 Å². The fourth-order valence-electron chi connectivity index (χ4n) is 4.24. The number of nitrogens with zero attached hydrogens (tertiary/aromatic N) is 2. The van der Waals surface area contributed by atoms with Gasteiger partial charge in [0.1, 0.15) is 5.75 Å². The van der Waals surface area contributed by atoms with Gasteiger partial charge >= 0.3 is 0 Å². The van der Waals surface area contributed by atoms with Gasteiger partial charge in [0.05, 0.1) is 35.2 Å². The van der Waals surface area contributed by atoms with Gasteiger partial charge in [-0.15, -0.1) is 0 Å². The predicted molar refractivity (Wildman–Crippen MR) is 159 cm³/mol. The maximum absolute atomic E-state index is 12.8. The lowest BCUT2D eigenvalue weighted by molar-refractivity contribution is -0.113. The molecule has 1 aromatic heterocycles. The Bertz CT molecular complexity index is 1410. The minimum absolute atomic E-state index is 0.0197. The van der Waals surface area contributed by atoms with Gasteiger partial charge in [0.15, 0.2) is 5.78 Å². The van der Waals surface area contributed by atoms with Gasteiger partial charge in [-0.3, -0.25) is 9.00 Å². The standard InChI is InChI=1S/C33H36N2O3S/c1-3-5-20-38-32-15-12-28(13-16-32)29-8-6-7-26(21-29)9-14-31(36)22-27-10-17-33(18-11-27)39(37)24-30-23-34-25-35(30)19-4-2/h6-18,21,23,25H,3-5,19-20,22,24H2,1-2H3/b14-9+/t39-/m0/s1. The molecule has 0 unspecified atom stereocenters. The molecule has 4 aromatic rings. The van der Waals surface area contributed by atoms with Gasteiger partial charge in [-0.25, -0.2) is 4.98 Å². The van der Waals surface area contributed by atoms with Gasteiger partial charge in [0.25, 0.3) is 0 Å². The first-order chi connectivity index (χ1) is 19.1. The number of ether oxygens (including phenoxy) is 1. The van der Waals surface area contributed by atoms with E-state index in [0.29, 0.717) is 12.2 Å². The van der Waals surface area contributed by atoms with E-state index in [4.69, 9.17) is 4.74 Å². The molecule has 39 heavy (non-hydrogen) atoms. The van der Waals surface area contributed by atoms with Crippen molar-refractivity contribution in [3.63, 3.8) is 0 Å². The van der Waals surface area contributed by atoms with Crippen molar-refractivity contribution < 1.29 is 13.7 Å². The van der Waals surface area contributed by atoms with Gasteiger partial charge in [-0.1, -0.05) is 68.8 Å². The largest absolute Gasteiger partial charge is 0.494 e. The smallest absolute Gasteiger partial charge is 0.160 e. The molecule has 1 heterocycles. The molecule has 0 aliphatic rings. The van der Waals surface area contributed by atoms with Crippen molar-refractivity contribution in [1.29, 1.82) is 0 Å². The van der Waals surface area contributed by atoms with Gasteiger partial charge in [-0.2, -0.15) is 0 Å². The number of hydrogen-bond acceptors (Lipinski definition) is 4. The third-order valence-corrected chi connectivity index (χ3v) is 7.77. The maximum atomic E-state index is 12.8. The second-order valence-electron chi connectivity index (χ2n) is 9.54. The summed E-state index contributed by atoms with van der Waals surface area (Å²) in [5.41, 5.74) is 5.03. The summed E-state index contributed by atoms with van der Waals surface area (Å²) in [5.74, 6) is 1.33. The highest BCUT2D eigenvalue weighted by Gasteiger charge is 2.10. The first-order valence-corrected chi connectivity index (χ1v) is 14.9. The van der Waals surface area contributed by atoms with Crippen molar-refractivity contribution in [2.45, 2.75) is 56.7 Å². The quantitative estimate of drug-likeness (QED) is 0.125. The van der Waals surface area contributed by atoms with Crippen LogP contribution in [0.25, 0.3) is 17.2 Å². The van der Waals surface area contributed by atoms with Crippen LogP contribution in [0.15, 0.2) is 96.3 Å². The third kappa shape index (κ3) is 8.36. The molecule has 4 rings (SSSR count). The first-order valence-electron chi connectivity index (χ1n) is 13.6. The van der Waals surface area contributed by atoms with E-state index in [-0.39, 0.29) is 5.78 Å². The van der Waals surface area contributed by atoms with Crippen LogP contribution >= 0.6 is 0 Å². The Morgan fingerprint density at radius 2 is 1.77 bits per heavy atom. The molecule has 0 fully saturated rings. The number of benzene rings is 3. The average Bonchev–Trinajstić information content (AvgIpc) is 3.39. The number of ketones is 1. The summed E-state index contributed by atoms with van der Waals surface area (Å²) in [6.07, 6.45) is 10.5. The molecule has 0 saturated heterocycles. The molecule has 0 aliphatic heterocycles. The molecule has 0 bridgehead atoms. The van der Waals surface area contributed by atoms with Crippen molar-refractivity contribution >= 4 is 22.7 Å². The molecule has 0 saturated carbocycles. The molecule has 0 aliphatic carbocycles. The maximum Gasteiger partial charge on any atom is 0.160 e. The lowest BCUT2D eigenvalue weighted by atomic mass is 10.0. The van der Waals surface area contributed by atoms with Crippen molar-refractivity contribution in [1.82, 2.24) is 9.55 Å². The summed E-state index contributed by atoms with van der Waals surface area (Å²) >= 11 is 0. The van der Waals surface area contributed by atoms with E-state index in [0.717, 1.165) is 71.0 Å². The molecular formula is C33H36N2O3S. The van der Waals surface area contributed by atoms with Crippen LogP contribution in [0.1, 0.15) is 49.9 Å². The lowest BCUT2D eigenvalue weighted by Gasteiger charge is -2.07. The van der Waals surface area contributed by atoms with Gasteiger partial charge in [0, 0.05) is 24.1 Å². The molecule has 202 valence electrons. The number of carbonyl (C=O) groups excluding carboxylic acids is 1. The highest BCUT2D eigenvalue weighted by Crippen LogP contribution is 2.24. The molecule has 1 atom stereocenters. The predicted octanol–water partition coefficient (Wildman–Crippen LogP) is 7.27. The highest BCUT2D eigenvalue weighted by atomic mass is 32.2. The van der Waals surface area contributed by atoms with Crippen LogP contribution in [0, 0.1) is 0 Å². The molecule has 0 radical (unpaired) electrons. The van der Waals surface area contributed by atoms with E-state index < -0.39 is 10.8 Å². The minimum Gasteiger partial charge on any atom is -0.494 e. The Kier molecular flexibility index (Phi) is 10.4. The van der Waals surface area contributed by atoms with E-state index >= 15 is 0 Å². The number of unbranched alkanes of at least 4 members (excludes halogenated alkanes) is 1. The van der Waals surface area contributed by atoms with E-state index in [2.05, 4.69) is 43.1 Å². The molecule has 3 aromatic carbocycles. The SMILES string of the molecule is CCCCOc1ccc(-c2cccc(/C=C/C(=O)Cc3ccc([S@@](=O)Cc4cncn4CCC)cc3)c2)cc1. The zero-order valence-electron chi connectivity index (χ0n) is 22.7. The Morgan fingerprint density at radius 3 is 2.51 bits per heavy atom. The van der Waals surface area contributed by atoms with E-state index in [1.54, 1.807) is 18.6 Å². The lowest BCUT2D eigenvalue weighted by Crippen LogP contribution is -2.05. The summed E-state index contributed by atoms with van der Waals surface area (Å²) in [6, 6.07) is 23.7. The summed E-state index contributed by atoms with van der Waals surface area (Å²) in [6.45, 7) is 5.86. The second-order valence-corrected chi connectivity index (χ2v) is 11.0. The number of rotatable bonds is 14. The number of aromatic nitrogens is 2. The molecule has 6 heteroatoms.